The average Bonchev–Trinajstić information content (AvgIpc) is 2.81. The number of likely N-dealkylation sites (tertiary alicyclic amines) is 1. The van der Waals surface area contributed by atoms with Gasteiger partial charge in [0.15, 0.2) is 0 Å². The summed E-state index contributed by atoms with van der Waals surface area (Å²) in [5.74, 6) is 0.648. The number of carbonyl (C=O) groups excluding carboxylic acids is 1. The highest BCUT2D eigenvalue weighted by molar-refractivity contribution is 5.81. The molecular weight excluding hydrogens is 384 g/mol. The number of nitrogens with zero attached hydrogens (tertiary/aromatic N) is 3. The molecule has 1 amide bonds. The van der Waals surface area contributed by atoms with Crippen LogP contribution < -0.4 is 5.73 Å². The van der Waals surface area contributed by atoms with Crippen molar-refractivity contribution in [3.63, 3.8) is 0 Å². The second kappa shape index (κ2) is 9.40. The normalized spacial score (nSPS) is 19.3. The van der Waals surface area contributed by atoms with Crippen LogP contribution in [0.1, 0.15) is 36.7 Å². The number of hydrogen-bond donors (Lipinski definition) is 1. The first-order chi connectivity index (χ1) is 15.1. The van der Waals surface area contributed by atoms with Gasteiger partial charge < -0.3 is 5.73 Å². The quantitative estimate of drug-likeness (QED) is 0.634. The van der Waals surface area contributed by atoms with Crippen molar-refractivity contribution in [3.05, 3.63) is 83.9 Å². The number of nitrogens with two attached hydrogens (primary N) is 1. The third kappa shape index (κ3) is 5.00. The first-order valence-corrected chi connectivity index (χ1v) is 11.0. The van der Waals surface area contributed by atoms with Crippen LogP contribution in [0.25, 0.3) is 11.1 Å². The summed E-state index contributed by atoms with van der Waals surface area (Å²) in [5.41, 5.74) is 10.0. The molecule has 160 valence electrons. The average molecular weight is 415 g/mol. The van der Waals surface area contributed by atoms with Crippen LogP contribution in [0.5, 0.6) is 0 Å². The molecule has 5 heteroatoms. The van der Waals surface area contributed by atoms with E-state index < -0.39 is 5.41 Å². The molecule has 2 N–H and O–H groups in total. The summed E-state index contributed by atoms with van der Waals surface area (Å²) in [5, 5.41) is 0. The first-order valence-electron chi connectivity index (χ1n) is 11.0. The fourth-order valence-electron chi connectivity index (χ4n) is 4.54. The maximum atomic E-state index is 12.6. The molecule has 1 fully saturated rings. The van der Waals surface area contributed by atoms with Gasteiger partial charge in [0.1, 0.15) is 5.82 Å². The van der Waals surface area contributed by atoms with E-state index >= 15 is 0 Å². The third-order valence-electron chi connectivity index (χ3n) is 6.26. The van der Waals surface area contributed by atoms with E-state index in [0.29, 0.717) is 13.0 Å². The molecule has 0 radical (unpaired) electrons. The Morgan fingerprint density at radius 3 is 2.32 bits per heavy atom. The molecule has 0 saturated carbocycles. The molecule has 0 spiro atoms. The molecule has 5 nitrogen and oxygen atoms in total. The molecule has 0 bridgehead atoms. The molecule has 1 aliphatic rings. The zero-order chi connectivity index (χ0) is 21.7. The van der Waals surface area contributed by atoms with Crippen molar-refractivity contribution >= 4 is 5.91 Å². The van der Waals surface area contributed by atoms with Gasteiger partial charge in [-0.2, -0.15) is 0 Å². The highest BCUT2D eigenvalue weighted by Crippen LogP contribution is 2.34. The van der Waals surface area contributed by atoms with Gasteiger partial charge in [0.05, 0.1) is 5.41 Å². The van der Waals surface area contributed by atoms with E-state index in [4.69, 9.17) is 5.73 Å². The van der Waals surface area contributed by atoms with Crippen molar-refractivity contribution in [3.8, 4) is 11.1 Å². The Morgan fingerprint density at radius 2 is 1.68 bits per heavy atom. The minimum Gasteiger partial charge on any atom is -0.369 e. The lowest BCUT2D eigenvalue weighted by atomic mass is 9.74. The minimum absolute atomic E-state index is 0.207. The largest absolute Gasteiger partial charge is 0.369 e. The van der Waals surface area contributed by atoms with Gasteiger partial charge in [-0.05, 0) is 42.5 Å². The second-order valence-electron chi connectivity index (χ2n) is 8.56. The molecule has 2 aromatic carbocycles. The number of amides is 1. The van der Waals surface area contributed by atoms with Crippen molar-refractivity contribution in [2.45, 2.75) is 39.2 Å². The van der Waals surface area contributed by atoms with Crippen molar-refractivity contribution in [1.82, 2.24) is 14.9 Å². The highest BCUT2D eigenvalue weighted by atomic mass is 16.1. The number of piperidine rings is 1. The molecule has 1 aromatic heterocycles. The monoisotopic (exact) mass is 414 g/mol. The number of rotatable bonds is 7. The molecule has 3 aromatic rings. The number of aromatic nitrogens is 2. The van der Waals surface area contributed by atoms with E-state index in [2.05, 4.69) is 51.3 Å². The van der Waals surface area contributed by atoms with Crippen molar-refractivity contribution in [2.24, 2.45) is 11.1 Å². The van der Waals surface area contributed by atoms with Crippen LogP contribution in [0, 0.1) is 5.41 Å². The number of hydrogen-bond acceptors (Lipinski definition) is 4. The molecule has 0 aliphatic carbocycles. The molecule has 31 heavy (non-hydrogen) atoms. The maximum absolute atomic E-state index is 12.6. The molecule has 1 aliphatic heterocycles. The summed E-state index contributed by atoms with van der Waals surface area (Å²) in [6.07, 6.45) is 7.07. The van der Waals surface area contributed by atoms with E-state index in [-0.39, 0.29) is 5.91 Å². The summed E-state index contributed by atoms with van der Waals surface area (Å²) >= 11 is 0. The third-order valence-corrected chi connectivity index (χ3v) is 6.26. The van der Waals surface area contributed by atoms with Crippen LogP contribution in [0.2, 0.25) is 0 Å². The fourth-order valence-corrected chi connectivity index (χ4v) is 4.54. The summed E-state index contributed by atoms with van der Waals surface area (Å²) in [7, 11) is 0. The fraction of sp³-hybridized carbons (Fsp3) is 0.346. The van der Waals surface area contributed by atoms with Crippen LogP contribution in [-0.2, 0) is 24.2 Å². The Bertz CT molecular complexity index is 1000. The lowest BCUT2D eigenvalue weighted by Crippen LogP contribution is -2.51. The molecule has 1 saturated heterocycles. The summed E-state index contributed by atoms with van der Waals surface area (Å²) in [6.45, 7) is 4.41. The Kier molecular flexibility index (Phi) is 6.42. The van der Waals surface area contributed by atoms with Gasteiger partial charge in [-0.15, -0.1) is 0 Å². The van der Waals surface area contributed by atoms with Crippen LogP contribution in [-0.4, -0.2) is 33.9 Å². The highest BCUT2D eigenvalue weighted by Gasteiger charge is 2.40. The van der Waals surface area contributed by atoms with Gasteiger partial charge in [-0.1, -0.05) is 61.5 Å². The lowest BCUT2D eigenvalue weighted by Gasteiger charge is -2.41. The predicted octanol–water partition coefficient (Wildman–Crippen LogP) is 4.02. The Balaban J connectivity index is 1.48. The number of carbonyl (C=O) groups is 1. The van der Waals surface area contributed by atoms with E-state index in [1.807, 2.05) is 37.5 Å². The number of primary amides is 1. The number of benzene rings is 2. The van der Waals surface area contributed by atoms with Crippen LogP contribution in [0.3, 0.4) is 0 Å². The first kappa shape index (κ1) is 21.2. The minimum atomic E-state index is -0.545. The zero-order valence-corrected chi connectivity index (χ0v) is 18.1. The van der Waals surface area contributed by atoms with Crippen molar-refractivity contribution in [2.75, 3.05) is 13.1 Å². The van der Waals surface area contributed by atoms with Crippen LogP contribution in [0.15, 0.2) is 67.0 Å². The molecular formula is C26H30N4O. The summed E-state index contributed by atoms with van der Waals surface area (Å²) in [4.78, 5) is 23.7. The van der Waals surface area contributed by atoms with Crippen LogP contribution >= 0.6 is 0 Å². The van der Waals surface area contributed by atoms with Gasteiger partial charge in [-0.3, -0.25) is 9.69 Å². The SMILES string of the molecule is CCc1ncc(CN2CCC[C@@](Cc3ccc(-c4ccccc4)cc3)(C(N)=O)C2)cn1. The predicted molar refractivity (Wildman–Crippen MR) is 123 cm³/mol. The molecule has 2 heterocycles. The summed E-state index contributed by atoms with van der Waals surface area (Å²) < 4.78 is 0. The Hall–Kier alpha value is -3.05. The van der Waals surface area contributed by atoms with Gasteiger partial charge in [-0.25, -0.2) is 9.97 Å². The van der Waals surface area contributed by atoms with E-state index in [1.54, 1.807) is 0 Å². The topological polar surface area (TPSA) is 72.1 Å². The standard InChI is InChI=1S/C26H30N4O/c1-2-24-28-16-21(17-29-24)18-30-14-6-13-26(19-30,25(27)31)15-20-9-11-23(12-10-20)22-7-4-3-5-8-22/h3-5,7-12,16-17H,2,6,13-15,18-19H2,1H3,(H2,27,31)/t26-/m0/s1. The Labute approximate surface area is 184 Å². The van der Waals surface area contributed by atoms with E-state index in [0.717, 1.165) is 49.3 Å². The summed E-state index contributed by atoms with van der Waals surface area (Å²) in [6, 6.07) is 18.8. The lowest BCUT2D eigenvalue weighted by molar-refractivity contribution is -0.131. The molecule has 1 atom stereocenters. The van der Waals surface area contributed by atoms with Crippen molar-refractivity contribution < 1.29 is 4.79 Å². The van der Waals surface area contributed by atoms with Gasteiger partial charge >= 0.3 is 0 Å². The van der Waals surface area contributed by atoms with Gasteiger partial charge in [0.2, 0.25) is 5.91 Å². The van der Waals surface area contributed by atoms with Gasteiger partial charge in [0, 0.05) is 37.5 Å². The van der Waals surface area contributed by atoms with Crippen LogP contribution in [0.4, 0.5) is 0 Å². The second-order valence-corrected chi connectivity index (χ2v) is 8.56. The van der Waals surface area contributed by atoms with Gasteiger partial charge in [0.25, 0.3) is 0 Å². The van der Waals surface area contributed by atoms with E-state index in [1.165, 1.54) is 11.1 Å². The van der Waals surface area contributed by atoms with E-state index in [9.17, 15) is 4.79 Å². The van der Waals surface area contributed by atoms with Crippen molar-refractivity contribution in [1.29, 1.82) is 0 Å². The maximum Gasteiger partial charge on any atom is 0.225 e. The zero-order valence-electron chi connectivity index (χ0n) is 18.1. The molecule has 4 rings (SSSR count). The molecule has 0 unspecified atom stereocenters. The Morgan fingerprint density at radius 1 is 1.00 bits per heavy atom. The smallest absolute Gasteiger partial charge is 0.225 e. The number of aryl methyl sites for hydroxylation is 1.